The van der Waals surface area contributed by atoms with Crippen molar-refractivity contribution in [3.05, 3.63) is 42.5 Å². The topological polar surface area (TPSA) is 14.2 Å². The predicted molar refractivity (Wildman–Crippen MR) is 92.3 cm³/mol. The first-order chi connectivity index (χ1) is 10.3. The maximum Gasteiger partial charge on any atom is 0.0560 e. The van der Waals surface area contributed by atoms with E-state index in [-0.39, 0.29) is 0 Å². The minimum atomic E-state index is 0.795. The third-order valence-corrected chi connectivity index (χ3v) is 4.72. The number of thioether (sulfide) groups is 1. The van der Waals surface area contributed by atoms with Gasteiger partial charge in [-0.25, -0.2) is 0 Å². The lowest BCUT2D eigenvalue weighted by molar-refractivity contribution is 0.164. The average Bonchev–Trinajstić information content (AvgIpc) is 2.85. The summed E-state index contributed by atoms with van der Waals surface area (Å²) in [5.41, 5.74) is 2.65. The van der Waals surface area contributed by atoms with E-state index >= 15 is 0 Å². The molecule has 110 valence electrons. The summed E-state index contributed by atoms with van der Waals surface area (Å²) in [6.45, 7) is 6.85. The van der Waals surface area contributed by atoms with Gasteiger partial charge in [-0.05, 0) is 38.1 Å². The first kappa shape index (κ1) is 14.5. The molecule has 0 aliphatic carbocycles. The molecule has 21 heavy (non-hydrogen) atoms. The molecule has 2 aromatic carbocycles. The van der Waals surface area contributed by atoms with Crippen LogP contribution < -0.4 is 0 Å². The first-order valence-corrected chi connectivity index (χ1v) is 8.55. The zero-order valence-corrected chi connectivity index (χ0v) is 13.5. The molecule has 3 rings (SSSR count). The van der Waals surface area contributed by atoms with Gasteiger partial charge in [-0.1, -0.05) is 18.2 Å². The highest BCUT2D eigenvalue weighted by Crippen LogP contribution is 2.32. The fourth-order valence-electron chi connectivity index (χ4n) is 2.83. The molecular weight excluding hydrogens is 278 g/mol. The van der Waals surface area contributed by atoms with Crippen LogP contribution in [0.15, 0.2) is 47.4 Å². The van der Waals surface area contributed by atoms with Gasteiger partial charge in [0.1, 0.15) is 0 Å². The summed E-state index contributed by atoms with van der Waals surface area (Å²) in [4.78, 5) is 1.32. The molecule has 1 aromatic heterocycles. The van der Waals surface area contributed by atoms with Crippen LogP contribution in [0.2, 0.25) is 0 Å². The van der Waals surface area contributed by atoms with Gasteiger partial charge in [-0.15, -0.1) is 11.8 Å². The number of hydrogen-bond donors (Lipinski definition) is 0. The highest BCUT2D eigenvalue weighted by molar-refractivity contribution is 7.99. The van der Waals surface area contributed by atoms with Gasteiger partial charge in [-0.3, -0.25) is 0 Å². The van der Waals surface area contributed by atoms with Crippen molar-refractivity contribution in [2.75, 3.05) is 19.0 Å². The van der Waals surface area contributed by atoms with Gasteiger partial charge in [0.25, 0.3) is 0 Å². The van der Waals surface area contributed by atoms with Gasteiger partial charge < -0.3 is 9.30 Å². The zero-order chi connectivity index (χ0) is 14.7. The van der Waals surface area contributed by atoms with Gasteiger partial charge >= 0.3 is 0 Å². The predicted octanol–water partition coefficient (Wildman–Crippen LogP) is 4.94. The van der Waals surface area contributed by atoms with Crippen LogP contribution in [-0.2, 0) is 11.3 Å². The Hall–Kier alpha value is -1.45. The van der Waals surface area contributed by atoms with Crippen molar-refractivity contribution in [1.29, 1.82) is 0 Å². The highest BCUT2D eigenvalue weighted by Gasteiger charge is 2.09. The second-order valence-corrected chi connectivity index (χ2v) is 6.15. The minimum Gasteiger partial charge on any atom is -0.381 e. The van der Waals surface area contributed by atoms with E-state index in [1.165, 1.54) is 26.7 Å². The summed E-state index contributed by atoms with van der Waals surface area (Å²) >= 11 is 1.87. The molecule has 3 heteroatoms. The van der Waals surface area contributed by atoms with Gasteiger partial charge in [-0.2, -0.15) is 0 Å². The molecule has 0 spiro atoms. The molecule has 0 aliphatic rings. The number of nitrogens with zero attached hydrogens (tertiary/aromatic N) is 1. The SMILES string of the molecule is CCOCCSc1ccc2c(c1)c1ccccc1n2CC. The number of para-hydroxylation sites is 1. The van der Waals surface area contributed by atoms with Crippen LogP contribution in [0.25, 0.3) is 21.8 Å². The molecule has 0 radical (unpaired) electrons. The number of hydrogen-bond acceptors (Lipinski definition) is 2. The molecule has 0 aliphatic heterocycles. The van der Waals surface area contributed by atoms with Crippen LogP contribution in [0.4, 0.5) is 0 Å². The molecule has 0 unspecified atom stereocenters. The monoisotopic (exact) mass is 299 g/mol. The number of fused-ring (bicyclic) bond motifs is 3. The van der Waals surface area contributed by atoms with E-state index in [9.17, 15) is 0 Å². The lowest BCUT2D eigenvalue weighted by atomic mass is 10.1. The number of rotatable bonds is 6. The Bertz CT molecular complexity index is 747. The Kier molecular flexibility index (Phi) is 4.51. The molecule has 2 nitrogen and oxygen atoms in total. The van der Waals surface area contributed by atoms with Crippen molar-refractivity contribution in [3.63, 3.8) is 0 Å². The van der Waals surface area contributed by atoms with Crippen molar-refractivity contribution >= 4 is 33.6 Å². The number of benzene rings is 2. The van der Waals surface area contributed by atoms with Crippen LogP contribution in [-0.4, -0.2) is 23.5 Å². The summed E-state index contributed by atoms with van der Waals surface area (Å²) in [5, 5.41) is 2.70. The third kappa shape index (κ3) is 2.81. The van der Waals surface area contributed by atoms with E-state index in [2.05, 4.69) is 54.0 Å². The van der Waals surface area contributed by atoms with Crippen molar-refractivity contribution < 1.29 is 4.74 Å². The second kappa shape index (κ2) is 6.54. The van der Waals surface area contributed by atoms with E-state index < -0.39 is 0 Å². The van der Waals surface area contributed by atoms with Gasteiger partial charge in [0.15, 0.2) is 0 Å². The Morgan fingerprint density at radius 2 is 1.81 bits per heavy atom. The molecule has 0 saturated heterocycles. The molecule has 3 aromatic rings. The fraction of sp³-hybridized carbons (Fsp3) is 0.333. The Labute approximate surface area is 130 Å². The number of aryl methyl sites for hydroxylation is 1. The summed E-state index contributed by atoms with van der Waals surface area (Å²) in [5.74, 6) is 1.01. The van der Waals surface area contributed by atoms with Crippen molar-refractivity contribution in [2.24, 2.45) is 0 Å². The van der Waals surface area contributed by atoms with Gasteiger partial charge in [0, 0.05) is 45.6 Å². The van der Waals surface area contributed by atoms with E-state index in [1.54, 1.807) is 0 Å². The Morgan fingerprint density at radius 1 is 1.00 bits per heavy atom. The highest BCUT2D eigenvalue weighted by atomic mass is 32.2. The summed E-state index contributed by atoms with van der Waals surface area (Å²) < 4.78 is 7.80. The Morgan fingerprint density at radius 3 is 2.62 bits per heavy atom. The molecule has 0 bridgehead atoms. The number of aromatic nitrogens is 1. The zero-order valence-electron chi connectivity index (χ0n) is 12.6. The average molecular weight is 299 g/mol. The molecular formula is C18H21NOS. The molecule has 0 amide bonds. The standard InChI is InChI=1S/C18H21NOS/c1-3-19-17-8-6-5-7-15(17)16-13-14(9-10-18(16)19)21-12-11-20-4-2/h5-10,13H,3-4,11-12H2,1-2H3. The van der Waals surface area contributed by atoms with Crippen molar-refractivity contribution in [1.82, 2.24) is 4.57 Å². The third-order valence-electron chi connectivity index (χ3n) is 3.76. The van der Waals surface area contributed by atoms with Crippen LogP contribution in [0.3, 0.4) is 0 Å². The first-order valence-electron chi connectivity index (χ1n) is 7.56. The lowest BCUT2D eigenvalue weighted by Gasteiger charge is -2.04. The maximum atomic E-state index is 5.41. The van der Waals surface area contributed by atoms with E-state index in [0.29, 0.717) is 0 Å². The normalized spacial score (nSPS) is 11.5. The van der Waals surface area contributed by atoms with Crippen molar-refractivity contribution in [3.8, 4) is 0 Å². The quantitative estimate of drug-likeness (QED) is 0.472. The van der Waals surface area contributed by atoms with E-state index in [4.69, 9.17) is 4.74 Å². The largest absolute Gasteiger partial charge is 0.381 e. The Balaban J connectivity index is 1.99. The molecule has 0 N–H and O–H groups in total. The molecule has 0 fully saturated rings. The lowest BCUT2D eigenvalue weighted by Crippen LogP contribution is -1.95. The van der Waals surface area contributed by atoms with Crippen LogP contribution >= 0.6 is 11.8 Å². The van der Waals surface area contributed by atoms with E-state index in [0.717, 1.165) is 25.5 Å². The maximum absolute atomic E-state index is 5.41. The smallest absolute Gasteiger partial charge is 0.0560 e. The molecule has 0 atom stereocenters. The van der Waals surface area contributed by atoms with E-state index in [1.807, 2.05) is 18.7 Å². The van der Waals surface area contributed by atoms with Gasteiger partial charge in [0.2, 0.25) is 0 Å². The summed E-state index contributed by atoms with van der Waals surface area (Å²) in [7, 11) is 0. The van der Waals surface area contributed by atoms with Gasteiger partial charge in [0.05, 0.1) is 6.61 Å². The van der Waals surface area contributed by atoms with Crippen LogP contribution in [0.1, 0.15) is 13.8 Å². The second-order valence-electron chi connectivity index (χ2n) is 4.99. The summed E-state index contributed by atoms with van der Waals surface area (Å²) in [6.07, 6.45) is 0. The molecule has 1 heterocycles. The minimum absolute atomic E-state index is 0.795. The molecule has 0 saturated carbocycles. The summed E-state index contributed by atoms with van der Waals surface area (Å²) in [6, 6.07) is 15.5. The number of ether oxygens (including phenoxy) is 1. The fourth-order valence-corrected chi connectivity index (χ4v) is 3.63. The van der Waals surface area contributed by atoms with Crippen molar-refractivity contribution in [2.45, 2.75) is 25.3 Å². The van der Waals surface area contributed by atoms with Crippen LogP contribution in [0.5, 0.6) is 0 Å². The van der Waals surface area contributed by atoms with Crippen LogP contribution in [0, 0.1) is 0 Å².